The summed E-state index contributed by atoms with van der Waals surface area (Å²) in [7, 11) is 8.23. The number of hydrogen-bond acceptors (Lipinski definition) is 4. The fraction of sp³-hybridized carbons (Fsp3) is 0.333. The van der Waals surface area contributed by atoms with E-state index in [0.717, 1.165) is 17.0 Å². The van der Waals surface area contributed by atoms with Crippen LogP contribution in [-0.4, -0.2) is 25.9 Å². The second-order valence-electron chi connectivity index (χ2n) is 5.40. The van der Waals surface area contributed by atoms with E-state index in [1.54, 1.807) is 44.6 Å². The highest BCUT2D eigenvalue weighted by Crippen LogP contribution is 2.38. The number of hydrogen-bond donors (Lipinski definition) is 0. The van der Waals surface area contributed by atoms with E-state index >= 15 is 0 Å². The lowest BCUT2D eigenvalue weighted by atomic mass is 10.1. The molecule has 25 heavy (non-hydrogen) atoms. The first kappa shape index (κ1) is 20.6. The molecule has 0 aliphatic rings. The van der Waals surface area contributed by atoms with Crippen molar-refractivity contribution in [2.75, 3.05) is 21.3 Å². The maximum atomic E-state index is 12.1. The third kappa shape index (κ3) is 4.14. The number of halogens is 1. The Hall–Kier alpha value is -2.47. The molecule has 0 aliphatic heterocycles. The van der Waals surface area contributed by atoms with E-state index in [0.29, 0.717) is 17.2 Å². The van der Waals surface area contributed by atoms with Crippen molar-refractivity contribution in [3.05, 3.63) is 45.6 Å². The third-order valence-corrected chi connectivity index (χ3v) is 3.98. The number of aryl methyl sites for hydroxylation is 1. The van der Waals surface area contributed by atoms with E-state index < -0.39 is 0 Å². The zero-order chi connectivity index (χ0) is 17.9. The van der Waals surface area contributed by atoms with Gasteiger partial charge in [0.1, 0.15) is 11.4 Å². The molecule has 0 unspecified atom stereocenters. The van der Waals surface area contributed by atoms with Gasteiger partial charge in [0.05, 0.1) is 35.4 Å². The van der Waals surface area contributed by atoms with Gasteiger partial charge in [-0.25, -0.2) is 0 Å². The Balaban J connectivity index is 0.00000312. The molecule has 136 valence electrons. The maximum absolute atomic E-state index is 12.1. The van der Waals surface area contributed by atoms with Crippen molar-refractivity contribution in [2.24, 2.45) is 14.1 Å². The molecule has 6 nitrogen and oxygen atoms in total. The van der Waals surface area contributed by atoms with Gasteiger partial charge in [0.25, 0.3) is 0 Å². The number of methoxy groups -OCH3 is 3. The molecular formula is C18H23ClN2O4. The Morgan fingerprint density at radius 3 is 2.04 bits per heavy atom. The molecule has 0 atom stereocenters. The summed E-state index contributed by atoms with van der Waals surface area (Å²) in [6, 6.07) is 5.66. The van der Waals surface area contributed by atoms with Crippen molar-refractivity contribution in [2.45, 2.75) is 6.92 Å². The minimum atomic E-state index is -0.0699. The lowest BCUT2D eigenvalue weighted by Crippen LogP contribution is -3.00. The van der Waals surface area contributed by atoms with Gasteiger partial charge in [0.2, 0.25) is 5.75 Å². The Kier molecular flexibility index (Phi) is 7.06. The highest BCUT2D eigenvalue weighted by molar-refractivity contribution is 5.71. The first-order chi connectivity index (χ1) is 11.4. The average molecular weight is 367 g/mol. The lowest BCUT2D eigenvalue weighted by Gasteiger charge is -2.12. The van der Waals surface area contributed by atoms with E-state index in [2.05, 4.69) is 0 Å². The molecule has 0 saturated carbocycles. The van der Waals surface area contributed by atoms with Gasteiger partial charge >= 0.3 is 5.69 Å². The Bertz CT molecular complexity index is 819. The van der Waals surface area contributed by atoms with Crippen LogP contribution in [0.15, 0.2) is 23.0 Å². The lowest BCUT2D eigenvalue weighted by molar-refractivity contribution is -0.692. The fourth-order valence-corrected chi connectivity index (χ4v) is 2.43. The van der Waals surface area contributed by atoms with Gasteiger partial charge in [0.15, 0.2) is 11.5 Å². The van der Waals surface area contributed by atoms with Gasteiger partial charge in [-0.2, -0.15) is 13.9 Å². The highest BCUT2D eigenvalue weighted by Gasteiger charge is 2.13. The molecule has 0 amide bonds. The van der Waals surface area contributed by atoms with Gasteiger partial charge in [-0.1, -0.05) is 6.08 Å². The van der Waals surface area contributed by atoms with Crippen molar-refractivity contribution >= 4 is 12.2 Å². The molecular weight excluding hydrogens is 344 g/mol. The molecule has 0 saturated heterocycles. The smallest absolute Gasteiger partial charge is 0.498 e. The first-order valence-electron chi connectivity index (χ1n) is 7.47. The summed E-state index contributed by atoms with van der Waals surface area (Å²) in [5.74, 6) is 1.72. The van der Waals surface area contributed by atoms with Crippen molar-refractivity contribution in [3.63, 3.8) is 0 Å². The number of rotatable bonds is 5. The van der Waals surface area contributed by atoms with Gasteiger partial charge in [-0.3, -0.25) is 0 Å². The monoisotopic (exact) mass is 366 g/mol. The topological polar surface area (TPSA) is 53.6 Å². The van der Waals surface area contributed by atoms with Gasteiger partial charge < -0.3 is 26.6 Å². The van der Waals surface area contributed by atoms with E-state index in [9.17, 15) is 4.79 Å². The summed E-state index contributed by atoms with van der Waals surface area (Å²) in [6.45, 7) is 1.90. The van der Waals surface area contributed by atoms with Crippen LogP contribution >= 0.6 is 0 Å². The minimum absolute atomic E-state index is 0. The molecule has 2 aromatic rings. The molecule has 7 heteroatoms. The second kappa shape index (κ2) is 8.58. The molecule has 0 spiro atoms. The summed E-state index contributed by atoms with van der Waals surface area (Å²) < 4.78 is 19.2. The van der Waals surface area contributed by atoms with Crippen LogP contribution in [0.2, 0.25) is 0 Å². The third-order valence-electron chi connectivity index (χ3n) is 3.98. The van der Waals surface area contributed by atoms with Crippen LogP contribution in [0.5, 0.6) is 17.2 Å². The molecule has 0 radical (unpaired) electrons. The van der Waals surface area contributed by atoms with Gasteiger partial charge in [0, 0.05) is 6.07 Å². The summed E-state index contributed by atoms with van der Waals surface area (Å²) in [5, 5.41) is 0. The molecule has 1 aromatic heterocycles. The summed E-state index contributed by atoms with van der Waals surface area (Å²) >= 11 is 0. The zero-order valence-electron chi connectivity index (χ0n) is 15.3. The maximum Gasteiger partial charge on any atom is 0.498 e. The number of nitrogens with zero attached hydrogens (tertiary/aromatic N) is 2. The molecule has 1 aromatic carbocycles. The van der Waals surface area contributed by atoms with Crippen LogP contribution < -0.4 is 36.9 Å². The molecule has 0 fully saturated rings. The predicted molar refractivity (Wildman–Crippen MR) is 92.6 cm³/mol. The number of benzene rings is 1. The fourth-order valence-electron chi connectivity index (χ4n) is 2.43. The Labute approximate surface area is 153 Å². The second-order valence-corrected chi connectivity index (χ2v) is 5.40. The van der Waals surface area contributed by atoms with Crippen LogP contribution in [0, 0.1) is 6.92 Å². The zero-order valence-corrected chi connectivity index (χ0v) is 16.0. The van der Waals surface area contributed by atoms with Gasteiger partial charge in [-0.05, 0) is 30.7 Å². The van der Waals surface area contributed by atoms with E-state index in [1.165, 1.54) is 0 Å². The molecule has 0 bridgehead atoms. The van der Waals surface area contributed by atoms with Crippen molar-refractivity contribution in [3.8, 4) is 17.2 Å². The van der Waals surface area contributed by atoms with Crippen LogP contribution in [0.3, 0.4) is 0 Å². The van der Waals surface area contributed by atoms with Crippen molar-refractivity contribution < 1.29 is 31.2 Å². The molecule has 0 aliphatic carbocycles. The number of ether oxygens (including phenoxy) is 3. The average Bonchev–Trinajstić information content (AvgIpc) is 2.60. The van der Waals surface area contributed by atoms with E-state index in [-0.39, 0.29) is 18.1 Å². The first-order valence-corrected chi connectivity index (χ1v) is 7.47. The van der Waals surface area contributed by atoms with Crippen LogP contribution in [0.4, 0.5) is 0 Å². The van der Waals surface area contributed by atoms with Crippen LogP contribution in [0.1, 0.15) is 17.0 Å². The van der Waals surface area contributed by atoms with Crippen LogP contribution in [0.25, 0.3) is 12.2 Å². The summed E-state index contributed by atoms with van der Waals surface area (Å²) in [4.78, 5) is 12.1. The molecule has 2 rings (SSSR count). The normalized spacial score (nSPS) is 10.5. The standard InChI is InChI=1S/C18H23N2O4.ClH/c1-12-9-14(20(3)18(21)19(12)2)8-7-13-10-15(22-4)17(24-6)16(11-13)23-5;/h7-11H,1-6H3;1H/q+1;/p-1/b8-7+;. The summed E-state index contributed by atoms with van der Waals surface area (Å²) in [6.07, 6.45) is 3.79. The molecule has 1 heterocycles. The minimum Gasteiger partial charge on any atom is -1.00 e. The largest absolute Gasteiger partial charge is 1.00 e. The Morgan fingerprint density at radius 1 is 1.00 bits per heavy atom. The van der Waals surface area contributed by atoms with Gasteiger partial charge in [-0.15, -0.1) is 0 Å². The number of aromatic nitrogens is 2. The van der Waals surface area contributed by atoms with Crippen molar-refractivity contribution in [1.29, 1.82) is 0 Å². The summed E-state index contributed by atoms with van der Waals surface area (Å²) in [5.41, 5.74) is 2.51. The van der Waals surface area contributed by atoms with E-state index in [1.807, 2.05) is 37.3 Å². The van der Waals surface area contributed by atoms with Crippen molar-refractivity contribution in [1.82, 2.24) is 4.57 Å². The van der Waals surface area contributed by atoms with E-state index in [4.69, 9.17) is 14.2 Å². The quantitative estimate of drug-likeness (QED) is 0.619. The van der Waals surface area contributed by atoms with Crippen LogP contribution in [-0.2, 0) is 14.1 Å². The highest BCUT2D eigenvalue weighted by atomic mass is 35.5. The molecule has 0 N–H and O–H groups in total. The SMILES string of the molecule is COc1cc(/C=C/c2cc(C)n(C)c(=O)[n+]2C)cc(OC)c1OC.[Cl-]. The Morgan fingerprint density at radius 2 is 1.56 bits per heavy atom. The predicted octanol–water partition coefficient (Wildman–Crippen LogP) is -1.28.